The zero-order valence-electron chi connectivity index (χ0n) is 13.9. The number of aromatic nitrogens is 3. The predicted molar refractivity (Wildman–Crippen MR) is 93.1 cm³/mol. The lowest BCUT2D eigenvalue weighted by Gasteiger charge is -2.12. The number of H-pyrrole nitrogens is 1. The molecule has 0 bridgehead atoms. The van der Waals surface area contributed by atoms with Gasteiger partial charge in [0.1, 0.15) is 5.82 Å². The normalized spacial score (nSPS) is 11.3. The van der Waals surface area contributed by atoms with Crippen molar-refractivity contribution in [2.75, 3.05) is 13.7 Å². The van der Waals surface area contributed by atoms with Crippen LogP contribution in [-0.2, 0) is 0 Å². The molecule has 124 valence electrons. The molecule has 1 N–H and O–H groups in total. The standard InChI is InChI=1S/C16H22N4O2S/c1-11(2)7-8-22-14-6-5-13(9-15(14)21-4)10-17-20-12(3)18-19-16(20)23/h5-6,9-11H,7-8H2,1-4H3,(H,19,23)/b17-10-. The number of nitrogens with one attached hydrogen (secondary N) is 1. The average Bonchev–Trinajstić information content (AvgIpc) is 2.84. The molecule has 2 aromatic rings. The van der Waals surface area contributed by atoms with Crippen molar-refractivity contribution in [3.05, 3.63) is 34.4 Å². The Labute approximate surface area is 141 Å². The molecule has 0 aliphatic rings. The molecule has 0 aliphatic heterocycles. The van der Waals surface area contributed by atoms with Gasteiger partial charge in [0.15, 0.2) is 11.5 Å². The van der Waals surface area contributed by atoms with Crippen molar-refractivity contribution in [2.45, 2.75) is 27.2 Å². The quantitative estimate of drug-likeness (QED) is 0.621. The van der Waals surface area contributed by atoms with E-state index in [0.29, 0.717) is 28.9 Å². The largest absolute Gasteiger partial charge is 0.493 e. The van der Waals surface area contributed by atoms with Crippen molar-refractivity contribution in [2.24, 2.45) is 11.0 Å². The minimum absolute atomic E-state index is 0.458. The van der Waals surface area contributed by atoms with Crippen LogP contribution in [0.1, 0.15) is 31.7 Å². The molecule has 0 saturated heterocycles. The van der Waals surface area contributed by atoms with Crippen molar-refractivity contribution in [1.82, 2.24) is 14.9 Å². The number of aryl methyl sites for hydroxylation is 1. The minimum atomic E-state index is 0.458. The van der Waals surface area contributed by atoms with Gasteiger partial charge in [-0.05, 0) is 55.2 Å². The molecule has 0 unspecified atom stereocenters. The van der Waals surface area contributed by atoms with Crippen molar-refractivity contribution in [3.63, 3.8) is 0 Å². The molecule has 23 heavy (non-hydrogen) atoms. The summed E-state index contributed by atoms with van der Waals surface area (Å²) >= 11 is 5.11. The van der Waals surface area contributed by atoms with Crippen molar-refractivity contribution in [1.29, 1.82) is 0 Å². The highest BCUT2D eigenvalue weighted by atomic mass is 32.1. The van der Waals surface area contributed by atoms with Crippen LogP contribution in [0.25, 0.3) is 0 Å². The Morgan fingerprint density at radius 2 is 2.17 bits per heavy atom. The van der Waals surface area contributed by atoms with Crippen molar-refractivity contribution in [3.8, 4) is 11.5 Å². The van der Waals surface area contributed by atoms with Gasteiger partial charge >= 0.3 is 0 Å². The lowest BCUT2D eigenvalue weighted by molar-refractivity contribution is 0.273. The summed E-state index contributed by atoms with van der Waals surface area (Å²) in [5.41, 5.74) is 0.889. The van der Waals surface area contributed by atoms with Gasteiger partial charge < -0.3 is 9.47 Å². The summed E-state index contributed by atoms with van der Waals surface area (Å²) in [5.74, 6) is 2.73. The summed E-state index contributed by atoms with van der Waals surface area (Å²) in [6.45, 7) is 6.84. The van der Waals surface area contributed by atoms with E-state index in [4.69, 9.17) is 21.7 Å². The summed E-state index contributed by atoms with van der Waals surface area (Å²) in [6.07, 6.45) is 2.71. The van der Waals surface area contributed by atoms with Gasteiger partial charge in [-0.3, -0.25) is 5.10 Å². The zero-order chi connectivity index (χ0) is 16.8. The van der Waals surface area contributed by atoms with Crippen LogP contribution in [0.3, 0.4) is 0 Å². The lowest BCUT2D eigenvalue weighted by Crippen LogP contribution is -2.03. The zero-order valence-corrected chi connectivity index (χ0v) is 14.7. The second-order valence-corrected chi connectivity index (χ2v) is 5.96. The third kappa shape index (κ3) is 4.66. The summed E-state index contributed by atoms with van der Waals surface area (Å²) in [4.78, 5) is 0. The fourth-order valence-electron chi connectivity index (χ4n) is 1.92. The molecule has 7 heteroatoms. The number of methoxy groups -OCH3 is 1. The topological polar surface area (TPSA) is 64.4 Å². The first kappa shape index (κ1) is 17.2. The number of ether oxygens (including phenoxy) is 2. The van der Waals surface area contributed by atoms with Crippen molar-refractivity contribution < 1.29 is 9.47 Å². The Balaban J connectivity index is 2.14. The minimum Gasteiger partial charge on any atom is -0.493 e. The third-order valence-electron chi connectivity index (χ3n) is 3.27. The molecular formula is C16H22N4O2S. The average molecular weight is 334 g/mol. The smallest absolute Gasteiger partial charge is 0.216 e. The first-order valence-electron chi connectivity index (χ1n) is 7.50. The Hall–Kier alpha value is -2.15. The van der Waals surface area contributed by atoms with Crippen LogP contribution in [-0.4, -0.2) is 34.8 Å². The van der Waals surface area contributed by atoms with E-state index in [1.807, 2.05) is 25.1 Å². The summed E-state index contributed by atoms with van der Waals surface area (Å²) in [5, 5.41) is 11.0. The van der Waals surface area contributed by atoms with Gasteiger partial charge in [-0.2, -0.15) is 14.9 Å². The molecule has 0 aliphatic carbocycles. The number of benzene rings is 1. The second-order valence-electron chi connectivity index (χ2n) is 5.57. The van der Waals surface area contributed by atoms with Crippen LogP contribution in [0.5, 0.6) is 11.5 Å². The monoisotopic (exact) mass is 334 g/mol. The summed E-state index contributed by atoms with van der Waals surface area (Å²) in [6, 6.07) is 5.70. The highest BCUT2D eigenvalue weighted by molar-refractivity contribution is 7.71. The van der Waals surface area contributed by atoms with Crippen LogP contribution in [0, 0.1) is 17.6 Å². The predicted octanol–water partition coefficient (Wildman–Crippen LogP) is 3.56. The molecule has 2 rings (SSSR count). The maximum Gasteiger partial charge on any atom is 0.216 e. The number of rotatable bonds is 7. The number of nitrogens with zero attached hydrogens (tertiary/aromatic N) is 3. The van der Waals surface area contributed by atoms with Gasteiger partial charge in [-0.25, -0.2) is 0 Å². The molecule has 0 amide bonds. The fourth-order valence-corrected chi connectivity index (χ4v) is 2.14. The Bertz CT molecular complexity index is 734. The van der Waals surface area contributed by atoms with E-state index in [9.17, 15) is 0 Å². The molecule has 0 fully saturated rings. The molecular weight excluding hydrogens is 312 g/mol. The molecule has 6 nitrogen and oxygen atoms in total. The maximum atomic E-state index is 5.78. The molecule has 0 saturated carbocycles. The SMILES string of the molecule is COc1cc(/C=N\n2c(C)n[nH]c2=S)ccc1OCCC(C)C. The van der Waals surface area contributed by atoms with E-state index in [0.717, 1.165) is 17.7 Å². The van der Waals surface area contributed by atoms with Crippen molar-refractivity contribution >= 4 is 18.4 Å². The number of aromatic amines is 1. The Morgan fingerprint density at radius 1 is 1.39 bits per heavy atom. The third-order valence-corrected chi connectivity index (χ3v) is 3.54. The number of hydrogen-bond donors (Lipinski definition) is 1. The molecule has 0 atom stereocenters. The fraction of sp³-hybridized carbons (Fsp3) is 0.438. The molecule has 1 heterocycles. The number of hydrogen-bond acceptors (Lipinski definition) is 5. The Kier molecular flexibility index (Phi) is 5.92. The van der Waals surface area contributed by atoms with Gasteiger partial charge in [-0.1, -0.05) is 13.8 Å². The highest BCUT2D eigenvalue weighted by Gasteiger charge is 2.06. The van der Waals surface area contributed by atoms with E-state index in [-0.39, 0.29) is 0 Å². The van der Waals surface area contributed by atoms with Gasteiger partial charge in [0, 0.05) is 0 Å². The van der Waals surface area contributed by atoms with Gasteiger partial charge in [-0.15, -0.1) is 0 Å². The van der Waals surface area contributed by atoms with Gasteiger partial charge in [0.25, 0.3) is 0 Å². The second kappa shape index (κ2) is 7.92. The van der Waals surface area contributed by atoms with Crippen LogP contribution in [0.2, 0.25) is 0 Å². The highest BCUT2D eigenvalue weighted by Crippen LogP contribution is 2.28. The first-order valence-corrected chi connectivity index (χ1v) is 7.91. The van der Waals surface area contributed by atoms with E-state index in [1.54, 1.807) is 18.0 Å². The summed E-state index contributed by atoms with van der Waals surface area (Å²) < 4.78 is 13.2. The maximum absolute atomic E-state index is 5.78. The molecule has 0 spiro atoms. The van der Waals surface area contributed by atoms with Crippen LogP contribution >= 0.6 is 12.2 Å². The lowest BCUT2D eigenvalue weighted by atomic mass is 10.1. The molecule has 1 aromatic carbocycles. The van der Waals surface area contributed by atoms with E-state index < -0.39 is 0 Å². The Morgan fingerprint density at radius 3 is 2.78 bits per heavy atom. The van der Waals surface area contributed by atoms with E-state index >= 15 is 0 Å². The van der Waals surface area contributed by atoms with E-state index in [1.165, 1.54) is 0 Å². The van der Waals surface area contributed by atoms with Gasteiger partial charge in [0.05, 0.1) is 19.9 Å². The van der Waals surface area contributed by atoms with Crippen LogP contribution < -0.4 is 9.47 Å². The first-order chi connectivity index (χ1) is 11.0. The van der Waals surface area contributed by atoms with Crippen LogP contribution in [0.15, 0.2) is 23.3 Å². The molecule has 0 radical (unpaired) electrons. The van der Waals surface area contributed by atoms with Gasteiger partial charge in [0.2, 0.25) is 4.77 Å². The molecule has 1 aromatic heterocycles. The van der Waals surface area contributed by atoms with E-state index in [2.05, 4.69) is 29.1 Å². The van der Waals surface area contributed by atoms with Crippen LogP contribution in [0.4, 0.5) is 0 Å². The summed E-state index contributed by atoms with van der Waals surface area (Å²) in [7, 11) is 1.63.